The van der Waals surface area contributed by atoms with Gasteiger partial charge in [0, 0.05) is 12.6 Å². The van der Waals surface area contributed by atoms with Crippen molar-refractivity contribution in [3.63, 3.8) is 0 Å². The molecule has 0 unspecified atom stereocenters. The molecule has 4 aromatic rings. The van der Waals surface area contributed by atoms with Crippen molar-refractivity contribution >= 4 is 38.5 Å². The van der Waals surface area contributed by atoms with Crippen molar-refractivity contribution in [1.82, 2.24) is 9.88 Å². The predicted octanol–water partition coefficient (Wildman–Crippen LogP) is 4.88. The first-order valence-electron chi connectivity index (χ1n) is 11.8. The first-order chi connectivity index (χ1) is 18.4. The summed E-state index contributed by atoms with van der Waals surface area (Å²) in [5, 5.41) is 3.47. The second kappa shape index (κ2) is 10.2. The number of carbonyl (C=O) groups is 2. The first kappa shape index (κ1) is 25.3. The Bertz CT molecular complexity index is 1500. The number of nitrogens with one attached hydrogen (secondary N) is 1. The third-order valence-corrected chi connectivity index (χ3v) is 7.68. The summed E-state index contributed by atoms with van der Waals surface area (Å²) in [6, 6.07) is 15.7. The van der Waals surface area contributed by atoms with E-state index in [0.717, 1.165) is 10.2 Å². The van der Waals surface area contributed by atoms with Crippen LogP contribution in [-0.4, -0.2) is 57.2 Å². The summed E-state index contributed by atoms with van der Waals surface area (Å²) >= 11 is 1.39. The number of rotatable bonds is 7. The summed E-state index contributed by atoms with van der Waals surface area (Å²) in [6.45, 7) is 0. The van der Waals surface area contributed by atoms with Crippen LogP contribution in [0.3, 0.4) is 0 Å². The Hall–Kier alpha value is -4.31. The maximum absolute atomic E-state index is 14.1. The van der Waals surface area contributed by atoms with Gasteiger partial charge in [-0.05, 0) is 47.5 Å². The fourth-order valence-electron chi connectivity index (χ4n) is 4.89. The van der Waals surface area contributed by atoms with Crippen LogP contribution in [0.2, 0.25) is 0 Å². The number of aromatic nitrogens is 1. The highest BCUT2D eigenvalue weighted by molar-refractivity contribution is 7.22. The Labute approximate surface area is 223 Å². The largest absolute Gasteiger partial charge is 0.493 e. The molecule has 3 aromatic carbocycles. The molecule has 2 heterocycles. The Morgan fingerprint density at radius 3 is 2.24 bits per heavy atom. The molecular formula is C28H27N3O6S. The van der Waals surface area contributed by atoms with Gasteiger partial charge in [-0.2, -0.15) is 0 Å². The molecule has 1 aliphatic heterocycles. The van der Waals surface area contributed by atoms with Gasteiger partial charge in [0.2, 0.25) is 5.91 Å². The molecule has 9 nitrogen and oxygen atoms in total. The minimum atomic E-state index is -0.794. The van der Waals surface area contributed by atoms with Crippen LogP contribution in [0.25, 0.3) is 10.2 Å². The van der Waals surface area contributed by atoms with Gasteiger partial charge >= 0.3 is 0 Å². The summed E-state index contributed by atoms with van der Waals surface area (Å²) in [4.78, 5) is 33.8. The number of amides is 2. The fourth-order valence-corrected chi connectivity index (χ4v) is 5.76. The lowest BCUT2D eigenvalue weighted by molar-refractivity contribution is -0.119. The van der Waals surface area contributed by atoms with Crippen molar-refractivity contribution in [3.05, 3.63) is 71.3 Å². The Morgan fingerprint density at radius 2 is 1.55 bits per heavy atom. The molecule has 1 aromatic heterocycles. The summed E-state index contributed by atoms with van der Waals surface area (Å²) in [6.07, 6.45) is 0. The van der Waals surface area contributed by atoms with Gasteiger partial charge in [0.25, 0.3) is 5.91 Å². The second-order valence-electron chi connectivity index (χ2n) is 8.72. The molecular weight excluding hydrogens is 506 g/mol. The van der Waals surface area contributed by atoms with Crippen LogP contribution in [0.15, 0.2) is 54.6 Å². The van der Waals surface area contributed by atoms with Gasteiger partial charge in [0.1, 0.15) is 0 Å². The van der Waals surface area contributed by atoms with Gasteiger partial charge in [-0.25, -0.2) is 4.98 Å². The van der Waals surface area contributed by atoms with Crippen molar-refractivity contribution in [1.29, 1.82) is 0 Å². The van der Waals surface area contributed by atoms with Crippen molar-refractivity contribution in [2.75, 3.05) is 40.8 Å². The highest BCUT2D eigenvalue weighted by Gasteiger charge is 2.44. The SMILES string of the molecule is COc1ccc([C@H]2[C@H](C(=O)Nc3nc4ccccc4s3)c3cc(OC)c(OC)cc3C(=O)N2C)cc1OC. The highest BCUT2D eigenvalue weighted by atomic mass is 32.1. The van der Waals surface area contributed by atoms with E-state index < -0.39 is 12.0 Å². The topological polar surface area (TPSA) is 99.2 Å². The molecule has 5 rings (SSSR count). The number of nitrogens with zero attached hydrogens (tertiary/aromatic N) is 2. The Morgan fingerprint density at radius 1 is 0.895 bits per heavy atom. The number of hydrogen-bond acceptors (Lipinski definition) is 8. The molecule has 1 N–H and O–H groups in total. The molecule has 10 heteroatoms. The standard InChI is InChI=1S/C28H27N3O6S/c1-31-25(15-10-11-19(34-2)20(12-15)35-3)24(16-13-21(36-4)22(37-5)14-17(16)27(31)33)26(32)30-28-29-18-8-6-7-9-23(18)38-28/h6-14,24-25H,1-5H3,(H,29,30,32)/t24-,25+/m1/s1. The molecule has 0 fully saturated rings. The Kier molecular flexibility index (Phi) is 6.81. The number of ether oxygens (including phenoxy) is 4. The van der Waals surface area contributed by atoms with E-state index in [-0.39, 0.29) is 11.8 Å². The number of benzene rings is 3. The summed E-state index contributed by atoms with van der Waals surface area (Å²) in [7, 11) is 7.80. The van der Waals surface area contributed by atoms with Crippen LogP contribution in [0, 0.1) is 0 Å². The van der Waals surface area contributed by atoms with Crippen molar-refractivity contribution < 1.29 is 28.5 Å². The lowest BCUT2D eigenvalue weighted by atomic mass is 9.79. The fraction of sp³-hybridized carbons (Fsp3) is 0.250. The van der Waals surface area contributed by atoms with E-state index in [2.05, 4.69) is 10.3 Å². The average molecular weight is 534 g/mol. The van der Waals surface area contributed by atoms with Crippen molar-refractivity contribution in [2.24, 2.45) is 0 Å². The van der Waals surface area contributed by atoms with E-state index in [4.69, 9.17) is 18.9 Å². The number of para-hydroxylation sites is 1. The molecule has 2 atom stereocenters. The quantitative estimate of drug-likeness (QED) is 0.362. The summed E-state index contributed by atoms with van der Waals surface area (Å²) in [5.41, 5.74) is 2.41. The van der Waals surface area contributed by atoms with Crippen LogP contribution in [0.4, 0.5) is 5.13 Å². The number of carbonyl (C=O) groups excluding carboxylic acids is 2. The lowest BCUT2D eigenvalue weighted by Crippen LogP contribution is -2.44. The van der Waals surface area contributed by atoms with E-state index in [9.17, 15) is 9.59 Å². The molecule has 0 saturated carbocycles. The number of thiazole rings is 1. The molecule has 2 amide bonds. The van der Waals surface area contributed by atoms with Crippen LogP contribution in [0.5, 0.6) is 23.0 Å². The number of likely N-dealkylation sites (N-methyl/N-ethyl adjacent to an activating group) is 1. The predicted molar refractivity (Wildman–Crippen MR) is 145 cm³/mol. The molecule has 0 bridgehead atoms. The third-order valence-electron chi connectivity index (χ3n) is 6.73. The van der Waals surface area contributed by atoms with Crippen LogP contribution >= 0.6 is 11.3 Å². The normalized spacial score (nSPS) is 16.7. The summed E-state index contributed by atoms with van der Waals surface area (Å²) in [5.74, 6) is 0.520. The van der Waals surface area contributed by atoms with Gasteiger partial charge in [-0.1, -0.05) is 29.5 Å². The van der Waals surface area contributed by atoms with Gasteiger partial charge < -0.3 is 29.2 Å². The minimum absolute atomic E-state index is 0.246. The van der Waals surface area contributed by atoms with Gasteiger partial charge in [-0.15, -0.1) is 0 Å². The molecule has 0 spiro atoms. The number of hydrogen-bond donors (Lipinski definition) is 1. The molecule has 38 heavy (non-hydrogen) atoms. The molecule has 1 aliphatic rings. The van der Waals surface area contributed by atoms with E-state index in [1.807, 2.05) is 30.3 Å². The maximum atomic E-state index is 14.1. The summed E-state index contributed by atoms with van der Waals surface area (Å²) < 4.78 is 22.8. The monoisotopic (exact) mass is 533 g/mol. The van der Waals surface area contributed by atoms with Gasteiger partial charge in [-0.3, -0.25) is 9.59 Å². The molecule has 196 valence electrons. The van der Waals surface area contributed by atoms with Crippen LogP contribution in [-0.2, 0) is 4.79 Å². The Balaban J connectivity index is 1.66. The van der Waals surface area contributed by atoms with E-state index in [1.165, 1.54) is 25.6 Å². The smallest absolute Gasteiger partial charge is 0.254 e. The van der Waals surface area contributed by atoms with Gasteiger partial charge in [0.05, 0.1) is 50.6 Å². The van der Waals surface area contributed by atoms with Crippen LogP contribution in [0.1, 0.15) is 33.4 Å². The second-order valence-corrected chi connectivity index (χ2v) is 9.75. The van der Waals surface area contributed by atoms with E-state index in [0.29, 0.717) is 44.8 Å². The number of methoxy groups -OCH3 is 4. The zero-order chi connectivity index (χ0) is 27.0. The zero-order valence-corrected chi connectivity index (χ0v) is 22.4. The van der Waals surface area contributed by atoms with Crippen molar-refractivity contribution in [3.8, 4) is 23.0 Å². The highest BCUT2D eigenvalue weighted by Crippen LogP contribution is 2.47. The molecule has 0 aliphatic carbocycles. The van der Waals surface area contributed by atoms with E-state index >= 15 is 0 Å². The maximum Gasteiger partial charge on any atom is 0.254 e. The number of anilines is 1. The van der Waals surface area contributed by atoms with Gasteiger partial charge in [0.15, 0.2) is 28.1 Å². The zero-order valence-electron chi connectivity index (χ0n) is 21.6. The molecule has 0 radical (unpaired) electrons. The number of fused-ring (bicyclic) bond motifs is 2. The minimum Gasteiger partial charge on any atom is -0.493 e. The van der Waals surface area contributed by atoms with Crippen molar-refractivity contribution in [2.45, 2.75) is 12.0 Å². The van der Waals surface area contributed by atoms with Crippen LogP contribution < -0.4 is 24.3 Å². The first-order valence-corrected chi connectivity index (χ1v) is 12.6. The third kappa shape index (κ3) is 4.26. The van der Waals surface area contributed by atoms with E-state index in [1.54, 1.807) is 50.4 Å². The molecule has 0 saturated heterocycles. The lowest BCUT2D eigenvalue weighted by Gasteiger charge is -2.40. The average Bonchev–Trinajstić information content (AvgIpc) is 3.35.